The van der Waals surface area contributed by atoms with Crippen LogP contribution in [0.4, 0.5) is 9.93 Å². The molecule has 27 heavy (non-hydrogen) atoms. The van der Waals surface area contributed by atoms with Gasteiger partial charge in [0.2, 0.25) is 0 Å². The lowest BCUT2D eigenvalue weighted by molar-refractivity contribution is -0.134. The van der Waals surface area contributed by atoms with Crippen molar-refractivity contribution in [2.45, 2.75) is 31.5 Å². The highest BCUT2D eigenvalue weighted by Crippen LogP contribution is 2.34. The minimum Gasteiger partial charge on any atom is -0.476 e. The van der Waals surface area contributed by atoms with Gasteiger partial charge >= 0.3 is 12.0 Å². The molecule has 11 heteroatoms. The minimum absolute atomic E-state index is 0.161. The number of urea groups is 1. The average Bonchev–Trinajstić information content (AvgIpc) is 3.36. The van der Waals surface area contributed by atoms with E-state index in [0.29, 0.717) is 0 Å². The third kappa shape index (κ3) is 2.67. The van der Waals surface area contributed by atoms with Gasteiger partial charge in [-0.3, -0.25) is 14.5 Å². The van der Waals surface area contributed by atoms with E-state index in [9.17, 15) is 19.2 Å². The van der Waals surface area contributed by atoms with Crippen molar-refractivity contribution < 1.29 is 28.7 Å². The number of furan rings is 1. The maximum absolute atomic E-state index is 12.9. The fourth-order valence-electron chi connectivity index (χ4n) is 3.32. The molecule has 0 aromatic carbocycles. The van der Waals surface area contributed by atoms with Crippen LogP contribution in [0.3, 0.4) is 0 Å². The van der Waals surface area contributed by atoms with Gasteiger partial charge in [0, 0.05) is 11.4 Å². The van der Waals surface area contributed by atoms with Gasteiger partial charge in [0.15, 0.2) is 16.9 Å². The Morgan fingerprint density at radius 3 is 2.74 bits per heavy atom. The molecule has 0 saturated carbocycles. The molecule has 4 rings (SSSR count). The molecular weight excluding hydrogens is 376 g/mol. The second-order valence-electron chi connectivity index (χ2n) is 6.24. The number of imide groups is 1. The smallest absolute Gasteiger partial charge is 0.355 e. The van der Waals surface area contributed by atoms with Gasteiger partial charge in [0.25, 0.3) is 11.8 Å². The third-order valence-corrected chi connectivity index (χ3v) is 5.40. The van der Waals surface area contributed by atoms with Crippen LogP contribution in [-0.4, -0.2) is 50.9 Å². The van der Waals surface area contributed by atoms with Crippen molar-refractivity contribution in [3.05, 3.63) is 35.2 Å². The van der Waals surface area contributed by atoms with E-state index in [1.165, 1.54) is 16.5 Å². The van der Waals surface area contributed by atoms with Crippen molar-refractivity contribution in [2.24, 2.45) is 0 Å². The first-order chi connectivity index (χ1) is 12.9. The van der Waals surface area contributed by atoms with Crippen LogP contribution >= 0.6 is 11.3 Å². The minimum atomic E-state index is -1.19. The maximum Gasteiger partial charge on any atom is 0.355 e. The van der Waals surface area contributed by atoms with Gasteiger partial charge in [-0.1, -0.05) is 0 Å². The van der Waals surface area contributed by atoms with E-state index >= 15 is 0 Å². The van der Waals surface area contributed by atoms with Crippen molar-refractivity contribution in [1.29, 1.82) is 0 Å². The number of aromatic nitrogens is 1. The summed E-state index contributed by atoms with van der Waals surface area (Å²) in [6.45, 7) is 1.75. The van der Waals surface area contributed by atoms with Crippen molar-refractivity contribution in [2.75, 3.05) is 4.90 Å². The monoisotopic (exact) mass is 390 g/mol. The van der Waals surface area contributed by atoms with E-state index < -0.39 is 35.9 Å². The van der Waals surface area contributed by atoms with Gasteiger partial charge in [-0.2, -0.15) is 0 Å². The van der Waals surface area contributed by atoms with Crippen LogP contribution in [0.1, 0.15) is 35.6 Å². The van der Waals surface area contributed by atoms with Gasteiger partial charge in [-0.15, -0.1) is 11.3 Å². The van der Waals surface area contributed by atoms with Crippen LogP contribution in [0, 0.1) is 0 Å². The quantitative estimate of drug-likeness (QED) is 0.750. The lowest BCUT2D eigenvalue weighted by Crippen LogP contribution is -2.45. The Bertz CT molecular complexity index is 939. The lowest BCUT2D eigenvalue weighted by atomic mass is 10.1. The number of hydrogen-bond acceptors (Lipinski definition) is 7. The number of amides is 4. The summed E-state index contributed by atoms with van der Waals surface area (Å²) in [5.41, 5.74) is -0.161. The molecule has 2 aromatic rings. The van der Waals surface area contributed by atoms with Gasteiger partial charge in [0.05, 0.1) is 6.26 Å². The summed E-state index contributed by atoms with van der Waals surface area (Å²) in [6.07, 6.45) is 1.62. The zero-order valence-corrected chi connectivity index (χ0v) is 14.8. The van der Waals surface area contributed by atoms with Crippen LogP contribution in [0.25, 0.3) is 0 Å². The van der Waals surface area contributed by atoms with Crippen LogP contribution in [0.2, 0.25) is 0 Å². The second kappa shape index (κ2) is 6.20. The molecule has 2 fully saturated rings. The van der Waals surface area contributed by atoms with E-state index in [0.717, 1.165) is 16.2 Å². The number of aromatic carboxylic acids is 1. The molecule has 2 N–H and O–H groups in total. The molecule has 2 aliphatic heterocycles. The van der Waals surface area contributed by atoms with Crippen LogP contribution < -0.4 is 10.2 Å². The SMILES string of the molecule is CC1CC(N2C(=O)NC(c3ccco3)C2=O)C(=O)N1c1nc(C(=O)O)cs1. The summed E-state index contributed by atoms with van der Waals surface area (Å²) >= 11 is 1.02. The molecule has 140 valence electrons. The molecule has 2 aliphatic rings. The summed E-state index contributed by atoms with van der Waals surface area (Å²) < 4.78 is 5.19. The van der Waals surface area contributed by atoms with Gasteiger partial charge in [-0.25, -0.2) is 19.5 Å². The van der Waals surface area contributed by atoms with Crippen LogP contribution in [0.5, 0.6) is 0 Å². The fourth-order valence-corrected chi connectivity index (χ4v) is 4.22. The molecule has 0 bridgehead atoms. The molecule has 0 aliphatic carbocycles. The van der Waals surface area contributed by atoms with Crippen molar-refractivity contribution in [3.8, 4) is 0 Å². The van der Waals surface area contributed by atoms with Gasteiger partial charge in [-0.05, 0) is 25.5 Å². The van der Waals surface area contributed by atoms with Gasteiger partial charge < -0.3 is 14.8 Å². The first kappa shape index (κ1) is 17.2. The highest BCUT2D eigenvalue weighted by molar-refractivity contribution is 7.14. The van der Waals surface area contributed by atoms with E-state index in [1.54, 1.807) is 19.1 Å². The number of nitrogens with one attached hydrogen (secondary N) is 1. The van der Waals surface area contributed by atoms with Crippen molar-refractivity contribution in [1.82, 2.24) is 15.2 Å². The predicted octanol–water partition coefficient (Wildman–Crippen LogP) is 1.22. The topological polar surface area (TPSA) is 133 Å². The fraction of sp³-hybridized carbons (Fsp3) is 0.312. The normalized spacial score (nSPS) is 25.4. The number of nitrogens with zero attached hydrogens (tertiary/aromatic N) is 3. The molecule has 0 spiro atoms. The van der Waals surface area contributed by atoms with E-state index in [1.807, 2.05) is 0 Å². The van der Waals surface area contributed by atoms with Crippen molar-refractivity contribution in [3.63, 3.8) is 0 Å². The molecular formula is C16H14N4O6S. The Labute approximate surface area is 156 Å². The summed E-state index contributed by atoms with van der Waals surface area (Å²) in [5.74, 6) is -1.94. The predicted molar refractivity (Wildman–Crippen MR) is 91.3 cm³/mol. The summed E-state index contributed by atoms with van der Waals surface area (Å²) in [5, 5.41) is 13.1. The average molecular weight is 390 g/mol. The summed E-state index contributed by atoms with van der Waals surface area (Å²) in [4.78, 5) is 55.2. The molecule has 3 atom stereocenters. The van der Waals surface area contributed by atoms with Crippen LogP contribution in [-0.2, 0) is 9.59 Å². The number of rotatable bonds is 4. The van der Waals surface area contributed by atoms with Crippen LogP contribution in [0.15, 0.2) is 28.2 Å². The number of carbonyl (C=O) groups excluding carboxylic acids is 3. The Hall–Kier alpha value is -3.21. The lowest BCUT2D eigenvalue weighted by Gasteiger charge is -2.20. The van der Waals surface area contributed by atoms with Gasteiger partial charge in [0.1, 0.15) is 11.8 Å². The molecule has 4 amide bonds. The van der Waals surface area contributed by atoms with E-state index in [4.69, 9.17) is 9.52 Å². The maximum atomic E-state index is 12.9. The molecule has 2 aromatic heterocycles. The number of carboxylic acid groups (broad SMARTS) is 1. The number of carbonyl (C=O) groups is 4. The second-order valence-corrected chi connectivity index (χ2v) is 7.07. The largest absolute Gasteiger partial charge is 0.476 e. The van der Waals surface area contributed by atoms with Crippen molar-refractivity contribution >= 4 is 40.3 Å². The highest BCUT2D eigenvalue weighted by Gasteiger charge is 2.51. The third-order valence-electron chi connectivity index (χ3n) is 4.56. The van der Waals surface area contributed by atoms with E-state index in [2.05, 4.69) is 10.3 Å². The molecule has 4 heterocycles. The Morgan fingerprint density at radius 1 is 1.33 bits per heavy atom. The Morgan fingerprint density at radius 2 is 2.11 bits per heavy atom. The standard InChI is InChI=1S/C16H14N4O6S/c1-7-5-9(12(21)19(7)16-17-8(6-27-16)14(23)24)20-13(22)11(18-15(20)25)10-3-2-4-26-10/h2-4,6-7,9,11H,5H2,1H3,(H,18,25)(H,23,24). The molecule has 0 radical (unpaired) electrons. The molecule has 3 unspecified atom stereocenters. The highest BCUT2D eigenvalue weighted by atomic mass is 32.1. The summed E-state index contributed by atoms with van der Waals surface area (Å²) in [6, 6.07) is 0.205. The number of thiazole rings is 1. The first-order valence-corrected chi connectivity index (χ1v) is 8.95. The zero-order valence-electron chi connectivity index (χ0n) is 14.0. The number of anilines is 1. The zero-order chi connectivity index (χ0) is 19.3. The Balaban J connectivity index is 1.59. The number of carboxylic acids is 1. The summed E-state index contributed by atoms with van der Waals surface area (Å²) in [7, 11) is 0. The number of hydrogen-bond donors (Lipinski definition) is 2. The molecule has 10 nitrogen and oxygen atoms in total. The Kier molecular flexibility index (Phi) is 3.95. The first-order valence-electron chi connectivity index (χ1n) is 8.07. The molecule has 2 saturated heterocycles. The van der Waals surface area contributed by atoms with E-state index in [-0.39, 0.29) is 29.0 Å².